The average Bonchev–Trinajstić information content (AvgIpc) is 2.25. The van der Waals surface area contributed by atoms with Crippen LogP contribution in [0, 0.1) is 10.8 Å². The zero-order chi connectivity index (χ0) is 10.4. The molecule has 2 aliphatic carbocycles. The van der Waals surface area contributed by atoms with E-state index in [4.69, 9.17) is 0 Å². The van der Waals surface area contributed by atoms with Crippen molar-refractivity contribution in [3.05, 3.63) is 0 Å². The van der Waals surface area contributed by atoms with E-state index in [2.05, 4.69) is 13.8 Å². The summed E-state index contributed by atoms with van der Waals surface area (Å²) in [5.74, 6) is 0. The van der Waals surface area contributed by atoms with Crippen LogP contribution in [0.25, 0.3) is 0 Å². The van der Waals surface area contributed by atoms with E-state index in [1.165, 1.54) is 6.42 Å². The molecule has 1 unspecified atom stereocenters. The molecule has 2 N–H and O–H groups in total. The van der Waals surface area contributed by atoms with Gasteiger partial charge in [-0.2, -0.15) is 0 Å². The number of aliphatic hydroxyl groups excluding tert-OH is 1. The summed E-state index contributed by atoms with van der Waals surface area (Å²) in [7, 11) is 0. The maximum Gasteiger partial charge on any atom is 0.0730 e. The lowest BCUT2D eigenvalue weighted by Crippen LogP contribution is -2.53. The van der Waals surface area contributed by atoms with E-state index in [9.17, 15) is 10.2 Å². The molecule has 2 rings (SSSR count). The van der Waals surface area contributed by atoms with Crippen molar-refractivity contribution in [1.29, 1.82) is 0 Å². The molecule has 0 amide bonds. The van der Waals surface area contributed by atoms with E-state index < -0.39 is 5.60 Å². The fraction of sp³-hybridized carbons (Fsp3) is 1.00. The molecule has 0 spiro atoms. The molecule has 2 saturated carbocycles. The van der Waals surface area contributed by atoms with Crippen molar-refractivity contribution in [3.63, 3.8) is 0 Å². The van der Waals surface area contributed by atoms with Gasteiger partial charge in [-0.05, 0) is 37.5 Å². The quantitative estimate of drug-likeness (QED) is 0.713. The second kappa shape index (κ2) is 2.96. The largest absolute Gasteiger partial charge is 0.396 e. The second-order valence-corrected chi connectivity index (χ2v) is 6.16. The lowest BCUT2D eigenvalue weighted by atomic mass is 9.58. The predicted octanol–water partition coefficient (Wildman–Crippen LogP) is 2.09. The van der Waals surface area contributed by atoms with Crippen molar-refractivity contribution < 1.29 is 10.2 Å². The highest BCUT2D eigenvalue weighted by Crippen LogP contribution is 2.59. The second-order valence-electron chi connectivity index (χ2n) is 6.16. The fourth-order valence-electron chi connectivity index (χ4n) is 3.34. The fourth-order valence-corrected chi connectivity index (χ4v) is 3.34. The minimum absolute atomic E-state index is 0.152. The van der Waals surface area contributed by atoms with Gasteiger partial charge in [-0.3, -0.25) is 0 Å². The van der Waals surface area contributed by atoms with Crippen molar-refractivity contribution in [2.45, 2.75) is 58.0 Å². The highest BCUT2D eigenvalue weighted by Gasteiger charge is 2.57. The first-order valence-corrected chi connectivity index (χ1v) is 5.76. The SMILES string of the molecule is CC1(C)CCC(O)(C2(CO)CCC2)C1. The Morgan fingerprint density at radius 1 is 1.07 bits per heavy atom. The summed E-state index contributed by atoms with van der Waals surface area (Å²) in [5.41, 5.74) is -0.475. The molecule has 2 aliphatic rings. The molecule has 14 heavy (non-hydrogen) atoms. The van der Waals surface area contributed by atoms with E-state index in [1.54, 1.807) is 0 Å². The van der Waals surface area contributed by atoms with Gasteiger partial charge in [0.1, 0.15) is 0 Å². The first-order valence-electron chi connectivity index (χ1n) is 5.76. The van der Waals surface area contributed by atoms with Crippen LogP contribution in [0.15, 0.2) is 0 Å². The Balaban J connectivity index is 2.17. The van der Waals surface area contributed by atoms with Gasteiger partial charge < -0.3 is 10.2 Å². The Labute approximate surface area is 86.3 Å². The van der Waals surface area contributed by atoms with Crippen LogP contribution in [0.4, 0.5) is 0 Å². The van der Waals surface area contributed by atoms with Crippen molar-refractivity contribution in [1.82, 2.24) is 0 Å². The van der Waals surface area contributed by atoms with E-state index >= 15 is 0 Å². The van der Waals surface area contributed by atoms with Gasteiger partial charge in [0.2, 0.25) is 0 Å². The van der Waals surface area contributed by atoms with Gasteiger partial charge in [-0.1, -0.05) is 20.3 Å². The maximum absolute atomic E-state index is 10.6. The van der Waals surface area contributed by atoms with Crippen molar-refractivity contribution in [3.8, 4) is 0 Å². The average molecular weight is 198 g/mol. The Bertz CT molecular complexity index is 225. The Hall–Kier alpha value is -0.0800. The van der Waals surface area contributed by atoms with Crippen LogP contribution < -0.4 is 0 Å². The first-order chi connectivity index (χ1) is 6.43. The molecule has 2 fully saturated rings. The summed E-state index contributed by atoms with van der Waals surface area (Å²) in [6.45, 7) is 4.60. The lowest BCUT2D eigenvalue weighted by Gasteiger charge is -2.51. The van der Waals surface area contributed by atoms with Crippen molar-refractivity contribution in [2.24, 2.45) is 10.8 Å². The number of aliphatic hydroxyl groups is 2. The zero-order valence-corrected chi connectivity index (χ0v) is 9.34. The molecule has 0 heterocycles. The minimum Gasteiger partial charge on any atom is -0.396 e. The topological polar surface area (TPSA) is 40.5 Å². The summed E-state index contributed by atoms with van der Waals surface area (Å²) >= 11 is 0. The molecule has 2 heteroatoms. The van der Waals surface area contributed by atoms with Gasteiger partial charge in [-0.15, -0.1) is 0 Å². The third-order valence-corrected chi connectivity index (χ3v) is 4.59. The monoisotopic (exact) mass is 198 g/mol. The minimum atomic E-state index is -0.580. The molecular weight excluding hydrogens is 176 g/mol. The van der Waals surface area contributed by atoms with Crippen molar-refractivity contribution >= 4 is 0 Å². The number of hydrogen-bond acceptors (Lipinski definition) is 2. The molecule has 2 nitrogen and oxygen atoms in total. The summed E-state index contributed by atoms with van der Waals surface area (Å²) in [6, 6.07) is 0. The third kappa shape index (κ3) is 1.31. The summed E-state index contributed by atoms with van der Waals surface area (Å²) in [6.07, 6.45) is 6.02. The van der Waals surface area contributed by atoms with E-state index in [0.29, 0.717) is 0 Å². The predicted molar refractivity (Wildman–Crippen MR) is 56.0 cm³/mol. The van der Waals surface area contributed by atoms with Crippen molar-refractivity contribution in [2.75, 3.05) is 6.61 Å². The van der Waals surface area contributed by atoms with Crippen LogP contribution in [0.3, 0.4) is 0 Å². The Morgan fingerprint density at radius 2 is 1.71 bits per heavy atom. The van der Waals surface area contributed by atoms with Crippen LogP contribution in [0.1, 0.15) is 52.4 Å². The molecule has 0 radical (unpaired) electrons. The summed E-state index contributed by atoms with van der Waals surface area (Å²) in [4.78, 5) is 0. The molecule has 82 valence electrons. The molecule has 0 bridgehead atoms. The summed E-state index contributed by atoms with van der Waals surface area (Å²) < 4.78 is 0. The van der Waals surface area contributed by atoms with Gasteiger partial charge in [-0.25, -0.2) is 0 Å². The zero-order valence-electron chi connectivity index (χ0n) is 9.34. The van der Waals surface area contributed by atoms with Crippen LogP contribution in [-0.4, -0.2) is 22.4 Å². The molecule has 0 aromatic rings. The van der Waals surface area contributed by atoms with Crippen LogP contribution in [0.2, 0.25) is 0 Å². The Kier molecular flexibility index (Phi) is 2.20. The molecule has 0 aromatic carbocycles. The van der Waals surface area contributed by atoms with Gasteiger partial charge >= 0.3 is 0 Å². The molecular formula is C12H22O2. The van der Waals surface area contributed by atoms with Crippen LogP contribution in [0.5, 0.6) is 0 Å². The first kappa shape index (κ1) is 10.4. The highest BCUT2D eigenvalue weighted by atomic mass is 16.3. The maximum atomic E-state index is 10.6. The molecule has 1 atom stereocenters. The smallest absolute Gasteiger partial charge is 0.0730 e. The van der Waals surface area contributed by atoms with Gasteiger partial charge in [0.15, 0.2) is 0 Å². The van der Waals surface area contributed by atoms with Crippen LogP contribution in [-0.2, 0) is 0 Å². The normalized spacial score (nSPS) is 39.4. The van der Waals surface area contributed by atoms with E-state index in [0.717, 1.165) is 32.1 Å². The lowest BCUT2D eigenvalue weighted by molar-refractivity contribution is -0.150. The van der Waals surface area contributed by atoms with E-state index in [-0.39, 0.29) is 17.4 Å². The highest BCUT2D eigenvalue weighted by molar-refractivity contribution is 5.08. The number of rotatable bonds is 2. The van der Waals surface area contributed by atoms with Crippen LogP contribution >= 0.6 is 0 Å². The summed E-state index contributed by atoms with van der Waals surface area (Å²) in [5, 5.41) is 20.1. The Morgan fingerprint density at radius 3 is 2.00 bits per heavy atom. The molecule has 0 saturated heterocycles. The standard InChI is InChI=1S/C12H22O2/c1-10(2)6-7-12(14,8-10)11(9-13)4-3-5-11/h13-14H,3-9H2,1-2H3. The van der Waals surface area contributed by atoms with Gasteiger partial charge in [0, 0.05) is 5.41 Å². The molecule has 0 aromatic heterocycles. The molecule has 0 aliphatic heterocycles. The van der Waals surface area contributed by atoms with E-state index in [1.807, 2.05) is 0 Å². The van der Waals surface area contributed by atoms with Gasteiger partial charge in [0.05, 0.1) is 12.2 Å². The third-order valence-electron chi connectivity index (χ3n) is 4.59. The number of hydrogen-bond donors (Lipinski definition) is 2. The van der Waals surface area contributed by atoms with Gasteiger partial charge in [0.25, 0.3) is 0 Å².